The Hall–Kier alpha value is -2.34. The van der Waals surface area contributed by atoms with Gasteiger partial charge in [0, 0.05) is 25.9 Å². The van der Waals surface area contributed by atoms with Gasteiger partial charge in [-0.15, -0.1) is 0 Å². The lowest BCUT2D eigenvalue weighted by molar-refractivity contribution is 0.111. The largest absolute Gasteiger partial charge is 0.376 e. The molecule has 0 aliphatic carbocycles. The standard InChI is InChI=1S/C17H22N4O2/c22-17(19-12-16-7-4-10-23-16)18-9-8-14-11-20-21(13-14)15-5-2-1-3-6-15/h1-3,5-6,11,13,16H,4,7-10,12H2,(H2,18,19,22)/t16-/m0/s1. The van der Waals surface area contributed by atoms with Gasteiger partial charge in [0.15, 0.2) is 0 Å². The molecule has 1 fully saturated rings. The van der Waals surface area contributed by atoms with E-state index >= 15 is 0 Å². The number of rotatable bonds is 6. The fraction of sp³-hybridized carbons (Fsp3) is 0.412. The van der Waals surface area contributed by atoms with E-state index in [1.807, 2.05) is 47.4 Å². The van der Waals surface area contributed by atoms with E-state index in [1.165, 1.54) is 0 Å². The average Bonchev–Trinajstić information content (AvgIpc) is 3.26. The van der Waals surface area contributed by atoms with Crippen LogP contribution in [0.25, 0.3) is 5.69 Å². The molecule has 2 amide bonds. The first-order valence-corrected chi connectivity index (χ1v) is 8.03. The predicted molar refractivity (Wildman–Crippen MR) is 87.6 cm³/mol. The van der Waals surface area contributed by atoms with E-state index in [0.717, 1.165) is 37.1 Å². The van der Waals surface area contributed by atoms with Crippen molar-refractivity contribution in [1.29, 1.82) is 0 Å². The first-order chi connectivity index (χ1) is 11.3. The molecule has 1 saturated heterocycles. The highest BCUT2D eigenvalue weighted by molar-refractivity contribution is 5.73. The van der Waals surface area contributed by atoms with Crippen LogP contribution in [0.1, 0.15) is 18.4 Å². The smallest absolute Gasteiger partial charge is 0.314 e. The molecular weight excluding hydrogens is 292 g/mol. The van der Waals surface area contributed by atoms with Gasteiger partial charge >= 0.3 is 6.03 Å². The monoisotopic (exact) mass is 314 g/mol. The second-order valence-corrected chi connectivity index (χ2v) is 5.65. The molecule has 6 heteroatoms. The van der Waals surface area contributed by atoms with Crippen LogP contribution in [0, 0.1) is 0 Å². The van der Waals surface area contributed by atoms with Crippen molar-refractivity contribution in [3.8, 4) is 5.69 Å². The van der Waals surface area contributed by atoms with Crippen molar-refractivity contribution in [1.82, 2.24) is 20.4 Å². The number of nitrogens with zero attached hydrogens (tertiary/aromatic N) is 2. The molecule has 2 heterocycles. The summed E-state index contributed by atoms with van der Waals surface area (Å²) >= 11 is 0. The SMILES string of the molecule is O=C(NCCc1cnn(-c2ccccc2)c1)NC[C@@H]1CCCO1. The maximum atomic E-state index is 11.7. The number of hydrogen-bond acceptors (Lipinski definition) is 3. The van der Waals surface area contributed by atoms with Crippen molar-refractivity contribution >= 4 is 6.03 Å². The Balaban J connectivity index is 1.39. The predicted octanol–water partition coefficient (Wildman–Crippen LogP) is 1.89. The quantitative estimate of drug-likeness (QED) is 0.855. The third kappa shape index (κ3) is 4.56. The molecule has 0 unspecified atom stereocenters. The highest BCUT2D eigenvalue weighted by atomic mass is 16.5. The fourth-order valence-electron chi connectivity index (χ4n) is 2.61. The minimum Gasteiger partial charge on any atom is -0.376 e. The van der Waals surface area contributed by atoms with Crippen LogP contribution in [0.2, 0.25) is 0 Å². The molecule has 0 saturated carbocycles. The summed E-state index contributed by atoms with van der Waals surface area (Å²) < 4.78 is 7.31. The zero-order valence-electron chi connectivity index (χ0n) is 13.1. The van der Waals surface area contributed by atoms with Crippen LogP contribution in [-0.4, -0.2) is 41.6 Å². The van der Waals surface area contributed by atoms with E-state index in [4.69, 9.17) is 4.74 Å². The summed E-state index contributed by atoms with van der Waals surface area (Å²) in [5.74, 6) is 0. The molecule has 2 N–H and O–H groups in total. The molecule has 6 nitrogen and oxygen atoms in total. The van der Waals surface area contributed by atoms with Gasteiger partial charge in [0.05, 0.1) is 18.0 Å². The summed E-state index contributed by atoms with van der Waals surface area (Å²) in [5.41, 5.74) is 2.12. The molecule has 122 valence electrons. The summed E-state index contributed by atoms with van der Waals surface area (Å²) in [5, 5.41) is 10.1. The van der Waals surface area contributed by atoms with Gasteiger partial charge in [0.2, 0.25) is 0 Å². The number of urea groups is 1. The van der Waals surface area contributed by atoms with Crippen LogP contribution in [0.4, 0.5) is 4.79 Å². The van der Waals surface area contributed by atoms with Gasteiger partial charge in [-0.1, -0.05) is 18.2 Å². The number of carbonyl (C=O) groups is 1. The number of hydrogen-bond donors (Lipinski definition) is 2. The number of aromatic nitrogens is 2. The van der Waals surface area contributed by atoms with Gasteiger partial charge in [0.1, 0.15) is 0 Å². The first-order valence-electron chi connectivity index (χ1n) is 8.03. The number of ether oxygens (including phenoxy) is 1. The second-order valence-electron chi connectivity index (χ2n) is 5.65. The normalized spacial score (nSPS) is 17.1. The molecule has 0 bridgehead atoms. The van der Waals surface area contributed by atoms with Crippen molar-refractivity contribution in [2.45, 2.75) is 25.4 Å². The van der Waals surface area contributed by atoms with Crippen LogP contribution in [0.3, 0.4) is 0 Å². The van der Waals surface area contributed by atoms with Crippen molar-refractivity contribution in [2.24, 2.45) is 0 Å². The van der Waals surface area contributed by atoms with E-state index in [0.29, 0.717) is 13.1 Å². The lowest BCUT2D eigenvalue weighted by atomic mass is 10.2. The summed E-state index contributed by atoms with van der Waals surface area (Å²) in [6.07, 6.45) is 6.85. The molecule has 1 aromatic heterocycles. The zero-order valence-corrected chi connectivity index (χ0v) is 13.1. The molecule has 2 aromatic rings. The minimum absolute atomic E-state index is 0.143. The number of amides is 2. The van der Waals surface area contributed by atoms with Gasteiger partial charge in [-0.3, -0.25) is 0 Å². The number of benzene rings is 1. The molecule has 1 aliphatic rings. The van der Waals surface area contributed by atoms with Gasteiger partial charge in [-0.25, -0.2) is 9.48 Å². The Morgan fingerprint density at radius 3 is 2.96 bits per heavy atom. The third-order valence-electron chi connectivity index (χ3n) is 3.87. The Labute approximate surface area is 135 Å². The van der Waals surface area contributed by atoms with Crippen LogP contribution < -0.4 is 10.6 Å². The Bertz CT molecular complexity index is 621. The molecule has 0 radical (unpaired) electrons. The Kier molecular flexibility index (Phi) is 5.26. The van der Waals surface area contributed by atoms with Crippen LogP contribution in [-0.2, 0) is 11.2 Å². The molecule has 0 spiro atoms. The van der Waals surface area contributed by atoms with E-state index in [9.17, 15) is 4.79 Å². The van der Waals surface area contributed by atoms with Gasteiger partial charge in [0.25, 0.3) is 0 Å². The Morgan fingerprint density at radius 1 is 1.30 bits per heavy atom. The molecule has 1 atom stereocenters. The second kappa shape index (κ2) is 7.78. The van der Waals surface area contributed by atoms with E-state index < -0.39 is 0 Å². The number of nitrogens with one attached hydrogen (secondary N) is 2. The third-order valence-corrected chi connectivity index (χ3v) is 3.87. The van der Waals surface area contributed by atoms with E-state index in [2.05, 4.69) is 15.7 Å². The highest BCUT2D eigenvalue weighted by Gasteiger charge is 2.15. The van der Waals surface area contributed by atoms with Gasteiger partial charge in [-0.2, -0.15) is 5.10 Å². The molecule has 3 rings (SSSR count). The van der Waals surface area contributed by atoms with Gasteiger partial charge in [-0.05, 0) is 37.0 Å². The number of carbonyl (C=O) groups excluding carboxylic acids is 1. The maximum absolute atomic E-state index is 11.7. The molecular formula is C17H22N4O2. The van der Waals surface area contributed by atoms with Gasteiger partial charge < -0.3 is 15.4 Å². The number of para-hydroxylation sites is 1. The van der Waals surface area contributed by atoms with Crippen molar-refractivity contribution < 1.29 is 9.53 Å². The maximum Gasteiger partial charge on any atom is 0.314 e. The molecule has 1 aliphatic heterocycles. The van der Waals surface area contributed by atoms with Crippen LogP contribution in [0.15, 0.2) is 42.7 Å². The van der Waals surface area contributed by atoms with E-state index in [-0.39, 0.29) is 12.1 Å². The molecule has 23 heavy (non-hydrogen) atoms. The lowest BCUT2D eigenvalue weighted by Crippen LogP contribution is -2.40. The summed E-state index contributed by atoms with van der Waals surface area (Å²) in [6.45, 7) is 1.97. The molecule has 1 aromatic carbocycles. The topological polar surface area (TPSA) is 68.2 Å². The lowest BCUT2D eigenvalue weighted by Gasteiger charge is -2.11. The summed E-state index contributed by atoms with van der Waals surface area (Å²) in [6, 6.07) is 9.82. The summed E-state index contributed by atoms with van der Waals surface area (Å²) in [4.78, 5) is 11.7. The first kappa shape index (κ1) is 15.6. The van der Waals surface area contributed by atoms with Crippen LogP contribution in [0.5, 0.6) is 0 Å². The van der Waals surface area contributed by atoms with E-state index in [1.54, 1.807) is 0 Å². The summed E-state index contributed by atoms with van der Waals surface area (Å²) in [7, 11) is 0. The fourth-order valence-corrected chi connectivity index (χ4v) is 2.61. The Morgan fingerprint density at radius 2 is 2.17 bits per heavy atom. The van der Waals surface area contributed by atoms with Crippen molar-refractivity contribution in [3.63, 3.8) is 0 Å². The minimum atomic E-state index is -0.143. The zero-order chi connectivity index (χ0) is 15.9. The van der Waals surface area contributed by atoms with Crippen molar-refractivity contribution in [2.75, 3.05) is 19.7 Å². The average molecular weight is 314 g/mol. The van der Waals surface area contributed by atoms with Crippen molar-refractivity contribution in [3.05, 3.63) is 48.3 Å². The highest BCUT2D eigenvalue weighted by Crippen LogP contribution is 2.10. The van der Waals surface area contributed by atoms with Crippen LogP contribution >= 0.6 is 0 Å².